The van der Waals surface area contributed by atoms with E-state index < -0.39 is 0 Å². The minimum Gasteiger partial charge on any atom is -0.279 e. The van der Waals surface area contributed by atoms with Crippen LogP contribution in [0.15, 0.2) is 0 Å². The molecule has 0 bridgehead atoms. The molecular formula is HOPV2. The smallest absolute Gasteiger partial charge is 0.138 e. The molecule has 0 rings (SSSR count). The Balaban J connectivity index is -0.00000000500. The van der Waals surface area contributed by atoms with E-state index in [1.165, 1.54) is 0 Å². The van der Waals surface area contributed by atoms with Crippen LogP contribution in [0.1, 0.15) is 0 Å². The molecule has 1 nitrogen and oxygen atoms in total. The molecule has 0 saturated carbocycles. The minimum absolute atomic E-state index is 0. The fraction of sp³-hybridized carbons (Fsp3) is 0. The molecule has 0 aromatic heterocycles. The second-order valence-electron chi connectivity index (χ2n) is 0. The molecule has 2 radical (unpaired) electrons. The molecule has 0 aliphatic heterocycles. The van der Waals surface area contributed by atoms with Gasteiger partial charge < -0.3 is 0 Å². The Kier molecular flexibility index (Phi) is 132. The van der Waals surface area contributed by atoms with E-state index in [1.807, 2.05) is 0 Å². The van der Waals surface area contributed by atoms with Gasteiger partial charge in [0.15, 0.2) is 0 Å². The SMILES string of the molecule is O=P.[V].[V]. The predicted octanol–water partition coefficient (Wildman–Crippen LogP) is 0.470. The first-order chi connectivity index (χ1) is 1.00. The molecule has 0 unspecified atom stereocenters. The van der Waals surface area contributed by atoms with E-state index in [-0.39, 0.29) is 37.1 Å². The maximum atomic E-state index is 8.06. The van der Waals surface area contributed by atoms with Crippen LogP contribution in [0, 0.1) is 0 Å². The van der Waals surface area contributed by atoms with Crippen LogP contribution in [-0.2, 0) is 41.7 Å². The molecule has 0 fully saturated rings. The second-order valence-corrected chi connectivity index (χ2v) is 0. The van der Waals surface area contributed by atoms with Crippen LogP contribution < -0.4 is 0 Å². The van der Waals surface area contributed by atoms with Crippen molar-refractivity contribution in [3.8, 4) is 0 Å². The van der Waals surface area contributed by atoms with Crippen LogP contribution in [0.4, 0.5) is 0 Å². The Morgan fingerprint density at radius 2 is 1.00 bits per heavy atom. The summed E-state index contributed by atoms with van der Waals surface area (Å²) in [5, 5.41) is 0. The van der Waals surface area contributed by atoms with Gasteiger partial charge in [-0.1, -0.05) is 0 Å². The first kappa shape index (κ1) is 18.7. The molecule has 0 aromatic carbocycles. The van der Waals surface area contributed by atoms with Crippen molar-refractivity contribution >= 4 is 9.12 Å². The number of hydrogen-bond donors (Lipinski definition) is 0. The summed E-state index contributed by atoms with van der Waals surface area (Å²) in [6.45, 7) is 0. The Bertz CT molecular complexity index is 6.00. The van der Waals surface area contributed by atoms with Gasteiger partial charge in [0.1, 0.15) is 9.12 Å². The standard InChI is InChI=1S/HOP.2V/c1-2;;/h2H;;. The molecule has 0 aliphatic rings. The van der Waals surface area contributed by atoms with E-state index in [4.69, 9.17) is 4.57 Å². The predicted molar refractivity (Wildman–Crippen MR) is 9.00 cm³/mol. The van der Waals surface area contributed by atoms with E-state index in [2.05, 4.69) is 0 Å². The van der Waals surface area contributed by atoms with Crippen LogP contribution in [0.3, 0.4) is 0 Å². The Morgan fingerprint density at radius 1 is 1.00 bits per heavy atom. The monoisotopic (exact) mass is 150 g/mol. The van der Waals surface area contributed by atoms with E-state index in [0.29, 0.717) is 0 Å². The topological polar surface area (TPSA) is 17.1 Å². The summed E-state index contributed by atoms with van der Waals surface area (Å²) < 4.78 is 8.06. The van der Waals surface area contributed by atoms with E-state index in [9.17, 15) is 0 Å². The zero-order chi connectivity index (χ0) is 2.00. The molecule has 22 valence electrons. The molecule has 0 heterocycles. The maximum absolute atomic E-state index is 8.06. The summed E-state index contributed by atoms with van der Waals surface area (Å²) in [6, 6.07) is 0. The van der Waals surface area contributed by atoms with Gasteiger partial charge in [-0.15, -0.1) is 0 Å². The van der Waals surface area contributed by atoms with Crippen molar-refractivity contribution in [3.63, 3.8) is 0 Å². The van der Waals surface area contributed by atoms with Crippen molar-refractivity contribution in [3.05, 3.63) is 0 Å². The summed E-state index contributed by atoms with van der Waals surface area (Å²) in [5.41, 5.74) is 0. The summed E-state index contributed by atoms with van der Waals surface area (Å²) in [4.78, 5) is 0. The summed E-state index contributed by atoms with van der Waals surface area (Å²) >= 11 is 0. The maximum Gasteiger partial charge on any atom is 0.138 e. The number of hydrogen-bond acceptors (Lipinski definition) is 1. The molecule has 0 N–H and O–H groups in total. The number of rotatable bonds is 0. The largest absolute Gasteiger partial charge is 0.279 e. The van der Waals surface area contributed by atoms with E-state index >= 15 is 0 Å². The zero-order valence-electron chi connectivity index (χ0n) is 1.80. The van der Waals surface area contributed by atoms with Gasteiger partial charge in [-0.2, -0.15) is 0 Å². The third kappa shape index (κ3) is 10.5. The molecule has 0 spiro atoms. The average Bonchev–Trinajstić information content (AvgIpc) is 1.00. The summed E-state index contributed by atoms with van der Waals surface area (Å²) in [6.07, 6.45) is 0. The van der Waals surface area contributed by atoms with Crippen molar-refractivity contribution in [2.45, 2.75) is 0 Å². The zero-order valence-corrected chi connectivity index (χ0v) is 5.60. The molecule has 4 heavy (non-hydrogen) atoms. The van der Waals surface area contributed by atoms with Gasteiger partial charge in [0.2, 0.25) is 0 Å². The normalized spacial score (nSPS) is 1.00. The van der Waals surface area contributed by atoms with Gasteiger partial charge in [-0.05, 0) is 0 Å². The van der Waals surface area contributed by atoms with Gasteiger partial charge in [-0.25, -0.2) is 0 Å². The first-order valence-electron chi connectivity index (χ1n) is 0.204. The van der Waals surface area contributed by atoms with Crippen LogP contribution >= 0.6 is 9.12 Å². The molecule has 0 aliphatic carbocycles. The quantitative estimate of drug-likeness (QED) is 0.458. The van der Waals surface area contributed by atoms with Crippen LogP contribution in [0.25, 0.3) is 0 Å². The van der Waals surface area contributed by atoms with Gasteiger partial charge in [0.25, 0.3) is 0 Å². The Morgan fingerprint density at radius 3 is 1.00 bits per heavy atom. The van der Waals surface area contributed by atoms with Crippen LogP contribution in [0.5, 0.6) is 0 Å². The van der Waals surface area contributed by atoms with E-state index in [0.717, 1.165) is 0 Å². The summed E-state index contributed by atoms with van der Waals surface area (Å²) in [7, 11) is 1.72. The van der Waals surface area contributed by atoms with Gasteiger partial charge in [0.05, 0.1) is 0 Å². The van der Waals surface area contributed by atoms with E-state index in [1.54, 1.807) is 9.12 Å². The molecular weight excluding hydrogens is 149 g/mol. The first-order valence-corrected chi connectivity index (χ1v) is 0.612. The minimum atomic E-state index is 0. The van der Waals surface area contributed by atoms with Crippen molar-refractivity contribution in [2.75, 3.05) is 0 Å². The molecule has 4 heteroatoms. The molecule has 0 saturated heterocycles. The molecule has 0 atom stereocenters. The Hall–Kier alpha value is 1.27. The van der Waals surface area contributed by atoms with Gasteiger partial charge >= 0.3 is 0 Å². The third-order valence-electron chi connectivity index (χ3n) is 0. The molecule has 0 aromatic rings. The van der Waals surface area contributed by atoms with Crippen molar-refractivity contribution < 1.29 is 41.7 Å². The average molecular weight is 150 g/mol. The fourth-order valence-electron chi connectivity index (χ4n) is 0. The third-order valence-corrected chi connectivity index (χ3v) is 0. The molecule has 0 amide bonds. The van der Waals surface area contributed by atoms with Crippen molar-refractivity contribution in [1.29, 1.82) is 0 Å². The second kappa shape index (κ2) is 28.3. The van der Waals surface area contributed by atoms with Crippen LogP contribution in [0.2, 0.25) is 0 Å². The van der Waals surface area contributed by atoms with Crippen molar-refractivity contribution in [2.24, 2.45) is 0 Å². The van der Waals surface area contributed by atoms with Gasteiger partial charge in [-0.3, -0.25) is 4.57 Å². The summed E-state index contributed by atoms with van der Waals surface area (Å²) in [5.74, 6) is 0. The fourth-order valence-corrected chi connectivity index (χ4v) is 0. The van der Waals surface area contributed by atoms with Crippen molar-refractivity contribution in [1.82, 2.24) is 0 Å². The van der Waals surface area contributed by atoms with Gasteiger partial charge in [0, 0.05) is 37.1 Å². The Labute approximate surface area is 50.9 Å². The van der Waals surface area contributed by atoms with Crippen LogP contribution in [-0.4, -0.2) is 0 Å².